The van der Waals surface area contributed by atoms with Gasteiger partial charge in [0.2, 0.25) is 15.9 Å². The molecule has 0 atom stereocenters. The quantitative estimate of drug-likeness (QED) is 0.634. The number of hydrogen-bond acceptors (Lipinski definition) is 5. The number of nitrogens with zero attached hydrogens (tertiary/aromatic N) is 2. The van der Waals surface area contributed by atoms with Gasteiger partial charge in [-0.3, -0.25) is 9.59 Å². The minimum absolute atomic E-state index is 0.0294. The van der Waals surface area contributed by atoms with Crippen LogP contribution in [0.2, 0.25) is 0 Å². The Kier molecular flexibility index (Phi) is 6.79. The summed E-state index contributed by atoms with van der Waals surface area (Å²) in [5.41, 5.74) is 1.04. The number of thiophene rings is 1. The molecule has 0 unspecified atom stereocenters. The number of carbonyl (C=O) groups excluding carboxylic acids is 2. The van der Waals surface area contributed by atoms with E-state index in [0.29, 0.717) is 18.0 Å². The van der Waals surface area contributed by atoms with Crippen molar-refractivity contribution in [2.45, 2.75) is 43.9 Å². The molecule has 1 aromatic heterocycles. The van der Waals surface area contributed by atoms with E-state index in [4.69, 9.17) is 0 Å². The summed E-state index contributed by atoms with van der Waals surface area (Å²) in [5, 5.41) is 1.84. The Hall–Kier alpha value is -2.03. The Balaban J connectivity index is 1.55. The van der Waals surface area contributed by atoms with Crippen LogP contribution in [0.25, 0.3) is 0 Å². The van der Waals surface area contributed by atoms with Crippen LogP contribution < -0.4 is 0 Å². The van der Waals surface area contributed by atoms with Gasteiger partial charge in [0.15, 0.2) is 5.78 Å². The summed E-state index contributed by atoms with van der Waals surface area (Å²) >= 11 is 1.37. The van der Waals surface area contributed by atoms with Crippen LogP contribution in [-0.2, 0) is 20.2 Å². The summed E-state index contributed by atoms with van der Waals surface area (Å²) in [5.74, 6) is -0.134. The van der Waals surface area contributed by atoms with E-state index in [9.17, 15) is 18.0 Å². The Morgan fingerprint density at radius 2 is 1.60 bits per heavy atom. The molecule has 8 heteroatoms. The molecule has 3 rings (SSSR count). The van der Waals surface area contributed by atoms with Gasteiger partial charge < -0.3 is 4.90 Å². The SMILES string of the molecule is CC(C)(C)c1ccc(S(=O)(=O)N2CCN(C(=O)CCC(=O)c3cccs3)CC2)cc1. The first-order valence-corrected chi connectivity index (χ1v) is 12.4. The van der Waals surface area contributed by atoms with Crippen LogP contribution >= 0.6 is 11.3 Å². The molecule has 0 aliphatic carbocycles. The maximum Gasteiger partial charge on any atom is 0.243 e. The number of ketones is 1. The number of benzene rings is 1. The fourth-order valence-corrected chi connectivity index (χ4v) is 5.51. The predicted octanol–water partition coefficient (Wildman–Crippen LogP) is 3.54. The third-order valence-corrected chi connectivity index (χ3v) is 8.14. The van der Waals surface area contributed by atoms with Crippen molar-refractivity contribution < 1.29 is 18.0 Å². The lowest BCUT2D eigenvalue weighted by molar-refractivity contribution is -0.132. The second-order valence-electron chi connectivity index (χ2n) is 8.46. The van der Waals surface area contributed by atoms with Crippen molar-refractivity contribution in [3.05, 3.63) is 52.2 Å². The first kappa shape index (κ1) is 22.7. The van der Waals surface area contributed by atoms with Crippen molar-refractivity contribution >= 4 is 33.1 Å². The lowest BCUT2D eigenvalue weighted by atomic mass is 9.87. The molecular formula is C22H28N2O4S2. The normalized spacial score (nSPS) is 15.9. The molecule has 162 valence electrons. The molecule has 1 aromatic carbocycles. The van der Waals surface area contributed by atoms with Crippen molar-refractivity contribution in [2.24, 2.45) is 0 Å². The molecule has 1 fully saturated rings. The Morgan fingerprint density at radius 3 is 2.13 bits per heavy atom. The molecule has 30 heavy (non-hydrogen) atoms. The number of Topliss-reactive ketones (excluding diaryl/α,β-unsaturated/α-hetero) is 1. The van der Waals surface area contributed by atoms with E-state index in [-0.39, 0.29) is 47.9 Å². The molecular weight excluding hydrogens is 420 g/mol. The van der Waals surface area contributed by atoms with Gasteiger partial charge in [-0.15, -0.1) is 11.3 Å². The summed E-state index contributed by atoms with van der Waals surface area (Å²) in [4.78, 5) is 27.1. The summed E-state index contributed by atoms with van der Waals surface area (Å²) in [6.45, 7) is 7.45. The lowest BCUT2D eigenvalue weighted by Crippen LogP contribution is -2.50. The van der Waals surface area contributed by atoms with Gasteiger partial charge in [0.05, 0.1) is 9.77 Å². The van der Waals surface area contributed by atoms with Crippen molar-refractivity contribution in [3.63, 3.8) is 0 Å². The van der Waals surface area contributed by atoms with Gasteiger partial charge in [0, 0.05) is 39.0 Å². The van der Waals surface area contributed by atoms with E-state index in [0.717, 1.165) is 5.56 Å². The molecule has 1 saturated heterocycles. The molecule has 0 N–H and O–H groups in total. The molecule has 0 bridgehead atoms. The van der Waals surface area contributed by atoms with Gasteiger partial charge in [-0.05, 0) is 34.6 Å². The Labute approximate surface area is 182 Å². The van der Waals surface area contributed by atoms with E-state index in [1.165, 1.54) is 15.6 Å². The summed E-state index contributed by atoms with van der Waals surface area (Å²) < 4.78 is 27.3. The van der Waals surface area contributed by atoms with Gasteiger partial charge in [0.25, 0.3) is 0 Å². The molecule has 2 heterocycles. The van der Waals surface area contributed by atoms with E-state index in [2.05, 4.69) is 20.8 Å². The van der Waals surface area contributed by atoms with E-state index in [1.807, 2.05) is 23.6 Å². The number of sulfonamides is 1. The van der Waals surface area contributed by atoms with Gasteiger partial charge in [0.1, 0.15) is 0 Å². The smallest absolute Gasteiger partial charge is 0.243 e. The van der Waals surface area contributed by atoms with Crippen molar-refractivity contribution in [3.8, 4) is 0 Å². The minimum Gasteiger partial charge on any atom is -0.340 e. The molecule has 0 radical (unpaired) electrons. The van der Waals surface area contributed by atoms with Gasteiger partial charge in [-0.2, -0.15) is 4.31 Å². The second kappa shape index (κ2) is 8.99. The highest BCUT2D eigenvalue weighted by Crippen LogP contribution is 2.25. The standard InChI is InChI=1S/C22H28N2O4S2/c1-22(2,3)17-6-8-18(9-7-17)30(27,28)24-14-12-23(13-15-24)21(26)11-10-19(25)20-5-4-16-29-20/h4-9,16H,10-15H2,1-3H3. The molecule has 1 amide bonds. The second-order valence-corrected chi connectivity index (χ2v) is 11.3. The van der Waals surface area contributed by atoms with Crippen molar-refractivity contribution in [1.82, 2.24) is 9.21 Å². The molecule has 6 nitrogen and oxygen atoms in total. The average Bonchev–Trinajstić information content (AvgIpc) is 3.26. The average molecular weight is 449 g/mol. The molecule has 0 saturated carbocycles. The molecule has 2 aromatic rings. The topological polar surface area (TPSA) is 74.8 Å². The number of piperazine rings is 1. The maximum atomic E-state index is 13.0. The van der Waals surface area contributed by atoms with Crippen LogP contribution in [0.15, 0.2) is 46.7 Å². The highest BCUT2D eigenvalue weighted by Gasteiger charge is 2.30. The summed E-state index contributed by atoms with van der Waals surface area (Å²) in [6.07, 6.45) is 0.329. The van der Waals surface area contributed by atoms with Gasteiger partial charge in [-0.25, -0.2) is 8.42 Å². The summed E-state index contributed by atoms with van der Waals surface area (Å²) in [6, 6.07) is 10.6. The fraction of sp³-hybridized carbons (Fsp3) is 0.455. The number of hydrogen-bond donors (Lipinski definition) is 0. The van der Waals surface area contributed by atoms with Crippen LogP contribution in [0.3, 0.4) is 0 Å². The molecule has 0 spiro atoms. The first-order chi connectivity index (χ1) is 14.1. The van der Waals surface area contributed by atoms with Crippen LogP contribution in [0.4, 0.5) is 0 Å². The summed E-state index contributed by atoms with van der Waals surface area (Å²) in [7, 11) is -3.59. The maximum absolute atomic E-state index is 13.0. The third-order valence-electron chi connectivity index (χ3n) is 5.31. The minimum atomic E-state index is -3.59. The highest BCUT2D eigenvalue weighted by atomic mass is 32.2. The van der Waals surface area contributed by atoms with E-state index >= 15 is 0 Å². The number of rotatable bonds is 6. The Bertz CT molecular complexity index is 983. The zero-order chi connectivity index (χ0) is 21.9. The zero-order valence-electron chi connectivity index (χ0n) is 17.6. The largest absolute Gasteiger partial charge is 0.340 e. The third kappa shape index (κ3) is 5.17. The lowest BCUT2D eigenvalue weighted by Gasteiger charge is -2.34. The van der Waals surface area contributed by atoms with Crippen LogP contribution in [0.5, 0.6) is 0 Å². The van der Waals surface area contributed by atoms with Crippen molar-refractivity contribution in [2.75, 3.05) is 26.2 Å². The van der Waals surface area contributed by atoms with Gasteiger partial charge >= 0.3 is 0 Å². The molecule has 1 aliphatic heterocycles. The number of amides is 1. The first-order valence-electron chi connectivity index (χ1n) is 10.0. The monoisotopic (exact) mass is 448 g/mol. The van der Waals surface area contributed by atoms with Crippen LogP contribution in [-0.4, -0.2) is 55.5 Å². The molecule has 1 aliphatic rings. The van der Waals surface area contributed by atoms with E-state index in [1.54, 1.807) is 23.1 Å². The van der Waals surface area contributed by atoms with E-state index < -0.39 is 10.0 Å². The predicted molar refractivity (Wildman–Crippen MR) is 118 cm³/mol. The van der Waals surface area contributed by atoms with Crippen LogP contribution in [0.1, 0.15) is 48.8 Å². The number of carbonyl (C=O) groups is 2. The Morgan fingerprint density at radius 1 is 0.967 bits per heavy atom. The zero-order valence-corrected chi connectivity index (χ0v) is 19.3. The van der Waals surface area contributed by atoms with Gasteiger partial charge in [-0.1, -0.05) is 39.0 Å². The van der Waals surface area contributed by atoms with Crippen molar-refractivity contribution in [1.29, 1.82) is 0 Å². The van der Waals surface area contributed by atoms with Crippen LogP contribution in [0, 0.1) is 0 Å². The highest BCUT2D eigenvalue weighted by molar-refractivity contribution is 7.89. The fourth-order valence-electron chi connectivity index (χ4n) is 3.39.